The number of hydrogen-bond acceptors (Lipinski definition) is 5. The summed E-state index contributed by atoms with van der Waals surface area (Å²) in [4.78, 5) is 30.2. The van der Waals surface area contributed by atoms with E-state index < -0.39 is 5.97 Å². The summed E-state index contributed by atoms with van der Waals surface area (Å²) in [7, 11) is 0. The molecule has 0 radical (unpaired) electrons. The first-order valence-corrected chi connectivity index (χ1v) is 24.7. The van der Waals surface area contributed by atoms with E-state index in [0.29, 0.717) is 25.5 Å². The molecule has 0 aromatic carbocycles. The van der Waals surface area contributed by atoms with Crippen molar-refractivity contribution in [2.75, 3.05) is 19.7 Å². The van der Waals surface area contributed by atoms with Gasteiger partial charge in [-0.25, -0.2) is 0 Å². The minimum Gasteiger partial charge on any atom is -0.481 e. The molecule has 0 bridgehead atoms. The monoisotopic (exact) mass is 775 g/mol. The summed E-state index contributed by atoms with van der Waals surface area (Å²) < 4.78 is 5.49. The largest absolute Gasteiger partial charge is 0.481 e. The zero-order valence-electron chi connectivity index (χ0n) is 37.0. The first-order chi connectivity index (χ1) is 27.0. The second-order valence-electron chi connectivity index (χ2n) is 17.4. The van der Waals surface area contributed by atoms with Crippen molar-refractivity contribution < 1.29 is 19.4 Å². The number of ether oxygens (including phenoxy) is 1. The maximum absolute atomic E-state index is 12.1. The van der Waals surface area contributed by atoms with E-state index in [9.17, 15) is 9.59 Å². The lowest BCUT2D eigenvalue weighted by molar-refractivity contribution is -0.144. The molecular formula is C49H94N2O4. The molecule has 1 unspecified atom stereocenters. The summed E-state index contributed by atoms with van der Waals surface area (Å²) in [5.41, 5.74) is 0. The Morgan fingerprint density at radius 1 is 0.527 bits per heavy atom. The van der Waals surface area contributed by atoms with Crippen molar-refractivity contribution in [2.45, 2.75) is 277 Å². The lowest BCUT2D eigenvalue weighted by Crippen LogP contribution is -2.35. The molecule has 1 aliphatic rings. The van der Waals surface area contributed by atoms with Gasteiger partial charge in [0.25, 0.3) is 0 Å². The van der Waals surface area contributed by atoms with Crippen molar-refractivity contribution in [3.8, 4) is 0 Å². The number of esters is 1. The molecule has 1 rings (SSSR count). The SMILES string of the molecule is CCCCCCCCCCCCCCCCCCOC(=O)CCCCCCCCCCCCCN1C(CCCCCCCCCCCCC(=O)O)=NCC1C. The van der Waals surface area contributed by atoms with Gasteiger partial charge in [0, 0.05) is 31.8 Å². The number of aliphatic imine (C=N–C) groups is 1. The van der Waals surface area contributed by atoms with Crippen LogP contribution in [0, 0.1) is 0 Å². The Morgan fingerprint density at radius 3 is 1.33 bits per heavy atom. The van der Waals surface area contributed by atoms with Crippen molar-refractivity contribution >= 4 is 17.8 Å². The van der Waals surface area contributed by atoms with Crippen LogP contribution in [0.15, 0.2) is 4.99 Å². The van der Waals surface area contributed by atoms with Gasteiger partial charge in [0.05, 0.1) is 19.0 Å². The van der Waals surface area contributed by atoms with E-state index in [-0.39, 0.29) is 5.97 Å². The van der Waals surface area contributed by atoms with Gasteiger partial charge in [0.1, 0.15) is 0 Å². The molecule has 0 fully saturated rings. The quantitative estimate of drug-likeness (QED) is 0.0492. The molecule has 0 saturated carbocycles. The Bertz CT molecular complexity index is 877. The van der Waals surface area contributed by atoms with Crippen molar-refractivity contribution in [1.82, 2.24) is 4.90 Å². The van der Waals surface area contributed by atoms with Crippen LogP contribution in [-0.4, -0.2) is 53.5 Å². The summed E-state index contributed by atoms with van der Waals surface area (Å²) in [5.74, 6) is 0.724. The van der Waals surface area contributed by atoms with Crippen molar-refractivity contribution in [2.24, 2.45) is 4.99 Å². The summed E-state index contributed by atoms with van der Waals surface area (Å²) in [6.07, 6.45) is 50.3. The maximum atomic E-state index is 12.1. The normalized spacial score (nSPS) is 14.2. The van der Waals surface area contributed by atoms with Crippen LogP contribution in [0.5, 0.6) is 0 Å². The summed E-state index contributed by atoms with van der Waals surface area (Å²) in [5, 5.41) is 8.71. The Hall–Kier alpha value is -1.59. The van der Waals surface area contributed by atoms with Gasteiger partial charge in [0.15, 0.2) is 0 Å². The fraction of sp³-hybridized carbons (Fsp3) is 0.939. The number of carboxylic acids is 1. The second-order valence-corrected chi connectivity index (χ2v) is 17.4. The number of carbonyl (C=O) groups excluding carboxylic acids is 1. The minimum atomic E-state index is -0.663. The number of rotatable bonds is 44. The number of aliphatic carboxylic acids is 1. The summed E-state index contributed by atoms with van der Waals surface area (Å²) in [6.45, 7) is 7.41. The van der Waals surface area contributed by atoms with E-state index in [1.54, 1.807) is 0 Å². The Morgan fingerprint density at radius 2 is 0.891 bits per heavy atom. The van der Waals surface area contributed by atoms with Gasteiger partial charge in [-0.3, -0.25) is 14.6 Å². The second kappa shape index (κ2) is 40.6. The minimum absolute atomic E-state index is 0.0156. The molecule has 1 N–H and O–H groups in total. The van der Waals surface area contributed by atoms with Gasteiger partial charge in [-0.1, -0.05) is 212 Å². The molecule has 6 nitrogen and oxygen atoms in total. The number of carboxylic acid groups (broad SMARTS) is 1. The molecule has 0 aromatic heterocycles. The molecule has 1 heterocycles. The van der Waals surface area contributed by atoms with Gasteiger partial charge in [-0.2, -0.15) is 0 Å². The van der Waals surface area contributed by atoms with Crippen LogP contribution < -0.4 is 0 Å². The first kappa shape index (κ1) is 51.4. The smallest absolute Gasteiger partial charge is 0.305 e. The lowest BCUT2D eigenvalue weighted by Gasteiger charge is -2.25. The zero-order valence-corrected chi connectivity index (χ0v) is 37.0. The molecule has 1 aliphatic heterocycles. The average Bonchev–Trinajstić information content (AvgIpc) is 3.53. The van der Waals surface area contributed by atoms with Gasteiger partial charge in [-0.15, -0.1) is 0 Å². The Kier molecular flexibility index (Phi) is 38.0. The number of hydrogen-bond donors (Lipinski definition) is 1. The topological polar surface area (TPSA) is 79.2 Å². The van der Waals surface area contributed by atoms with Crippen LogP contribution >= 0.6 is 0 Å². The Labute approximate surface area is 342 Å². The van der Waals surface area contributed by atoms with Crippen LogP contribution in [0.4, 0.5) is 0 Å². The molecule has 0 aromatic rings. The van der Waals surface area contributed by atoms with Crippen LogP contribution in [0.1, 0.15) is 271 Å². The highest BCUT2D eigenvalue weighted by molar-refractivity contribution is 5.84. The van der Waals surface area contributed by atoms with E-state index in [1.807, 2.05) is 0 Å². The predicted octanol–water partition coefficient (Wildman–Crippen LogP) is 15.3. The number of amidine groups is 1. The predicted molar refractivity (Wildman–Crippen MR) is 237 cm³/mol. The third-order valence-corrected chi connectivity index (χ3v) is 12.0. The summed E-state index contributed by atoms with van der Waals surface area (Å²) in [6, 6.07) is 0.574. The molecule has 0 amide bonds. The highest BCUT2D eigenvalue weighted by atomic mass is 16.5. The van der Waals surface area contributed by atoms with Gasteiger partial charge in [-0.05, 0) is 39.0 Å². The molecule has 0 spiro atoms. The number of carbonyl (C=O) groups is 2. The lowest BCUT2D eigenvalue weighted by atomic mass is 10.0. The highest BCUT2D eigenvalue weighted by Crippen LogP contribution is 2.19. The van der Waals surface area contributed by atoms with Gasteiger partial charge in [0.2, 0.25) is 0 Å². The van der Waals surface area contributed by atoms with E-state index in [1.165, 1.54) is 218 Å². The van der Waals surface area contributed by atoms with Gasteiger partial charge >= 0.3 is 11.9 Å². The highest BCUT2D eigenvalue weighted by Gasteiger charge is 2.22. The fourth-order valence-electron chi connectivity index (χ4n) is 8.28. The van der Waals surface area contributed by atoms with Crippen LogP contribution in [0.25, 0.3) is 0 Å². The van der Waals surface area contributed by atoms with E-state index in [4.69, 9.17) is 14.8 Å². The molecule has 55 heavy (non-hydrogen) atoms. The van der Waals surface area contributed by atoms with E-state index in [0.717, 1.165) is 45.1 Å². The van der Waals surface area contributed by atoms with Crippen LogP contribution in [-0.2, 0) is 14.3 Å². The maximum Gasteiger partial charge on any atom is 0.305 e. The Balaban J connectivity index is 1.80. The third kappa shape index (κ3) is 35.3. The van der Waals surface area contributed by atoms with Crippen molar-refractivity contribution in [3.63, 3.8) is 0 Å². The molecule has 0 aliphatic carbocycles. The third-order valence-electron chi connectivity index (χ3n) is 12.0. The van der Waals surface area contributed by atoms with Crippen LogP contribution in [0.3, 0.4) is 0 Å². The number of unbranched alkanes of at least 4 members (excludes halogenated alkanes) is 34. The zero-order chi connectivity index (χ0) is 39.7. The molecular weight excluding hydrogens is 681 g/mol. The van der Waals surface area contributed by atoms with Gasteiger partial charge < -0.3 is 14.7 Å². The fourth-order valence-corrected chi connectivity index (χ4v) is 8.28. The van der Waals surface area contributed by atoms with E-state index >= 15 is 0 Å². The van der Waals surface area contributed by atoms with Crippen molar-refractivity contribution in [1.29, 1.82) is 0 Å². The number of nitrogens with zero attached hydrogens (tertiary/aromatic N) is 2. The first-order valence-electron chi connectivity index (χ1n) is 24.7. The average molecular weight is 775 g/mol. The molecule has 1 atom stereocenters. The standard InChI is InChI=1S/C49H94N2O4/c1-3-4-5-6-7-8-9-10-11-12-13-19-24-29-34-39-44-55-49(54)42-37-32-27-22-15-14-18-23-28-33-38-43-51-46(2)45-50-47(51)40-35-30-25-20-16-17-21-26-31-36-41-48(52)53/h46H,3-45H2,1-2H3,(H,52,53). The summed E-state index contributed by atoms with van der Waals surface area (Å²) >= 11 is 0. The van der Waals surface area contributed by atoms with Crippen LogP contribution in [0.2, 0.25) is 0 Å². The molecule has 6 heteroatoms. The van der Waals surface area contributed by atoms with Crippen molar-refractivity contribution in [3.05, 3.63) is 0 Å². The van der Waals surface area contributed by atoms with E-state index in [2.05, 4.69) is 18.7 Å². The molecule has 0 saturated heterocycles. The molecule has 324 valence electrons.